The molecule has 0 atom stereocenters. The van der Waals surface area contributed by atoms with E-state index in [-0.39, 0.29) is 5.91 Å². The van der Waals surface area contributed by atoms with Gasteiger partial charge in [0.1, 0.15) is 10.5 Å². The summed E-state index contributed by atoms with van der Waals surface area (Å²) in [5, 5.41) is 5.75. The van der Waals surface area contributed by atoms with Crippen molar-refractivity contribution in [3.63, 3.8) is 0 Å². The van der Waals surface area contributed by atoms with Crippen molar-refractivity contribution in [3.8, 4) is 0 Å². The summed E-state index contributed by atoms with van der Waals surface area (Å²) >= 11 is 1.11. The van der Waals surface area contributed by atoms with Gasteiger partial charge in [0.25, 0.3) is 5.91 Å². The van der Waals surface area contributed by atoms with E-state index in [9.17, 15) is 9.59 Å². The molecule has 7 heteroatoms. The number of hydrogen-bond donors (Lipinski definition) is 2. The molecule has 0 radical (unpaired) electrons. The van der Waals surface area contributed by atoms with E-state index < -0.39 is 11.7 Å². The van der Waals surface area contributed by atoms with Gasteiger partial charge in [-0.3, -0.25) is 10.1 Å². The molecule has 2 aromatic rings. The summed E-state index contributed by atoms with van der Waals surface area (Å²) in [5.74, 6) is -0.253. The Kier molecular flexibility index (Phi) is 5.23. The van der Waals surface area contributed by atoms with Gasteiger partial charge in [-0.25, -0.2) is 9.78 Å². The molecule has 0 aliphatic carbocycles. The van der Waals surface area contributed by atoms with E-state index >= 15 is 0 Å². The van der Waals surface area contributed by atoms with E-state index in [2.05, 4.69) is 15.6 Å². The van der Waals surface area contributed by atoms with Crippen LogP contribution in [-0.4, -0.2) is 22.6 Å². The van der Waals surface area contributed by atoms with E-state index in [1.807, 2.05) is 31.2 Å². The fraction of sp³-hybridized carbons (Fsp3) is 0.353. The van der Waals surface area contributed by atoms with Gasteiger partial charge in [-0.05, 0) is 46.2 Å². The van der Waals surface area contributed by atoms with Crippen molar-refractivity contribution in [2.45, 2.75) is 40.2 Å². The zero-order valence-corrected chi connectivity index (χ0v) is 15.2. The molecule has 128 valence electrons. The van der Waals surface area contributed by atoms with Crippen molar-refractivity contribution in [2.75, 3.05) is 10.6 Å². The lowest BCUT2D eigenvalue weighted by Gasteiger charge is -2.18. The largest absolute Gasteiger partial charge is 0.444 e. The molecule has 0 saturated heterocycles. The first-order valence-electron chi connectivity index (χ1n) is 7.50. The van der Waals surface area contributed by atoms with Crippen LogP contribution in [0.1, 0.15) is 41.7 Å². The third-order valence-corrected chi connectivity index (χ3v) is 4.08. The first kappa shape index (κ1) is 17.9. The average Bonchev–Trinajstić information content (AvgIpc) is 2.79. The molecular formula is C17H21N3O3S. The van der Waals surface area contributed by atoms with Crippen molar-refractivity contribution >= 4 is 34.2 Å². The van der Waals surface area contributed by atoms with Crippen LogP contribution >= 0.6 is 11.3 Å². The number of ether oxygens (including phenoxy) is 1. The predicted octanol–water partition coefficient (Wildman–Crippen LogP) is 4.36. The number of benzene rings is 1. The summed E-state index contributed by atoms with van der Waals surface area (Å²) in [5.41, 5.74) is 1.68. The predicted molar refractivity (Wildman–Crippen MR) is 95.8 cm³/mol. The SMILES string of the molecule is Cc1ccccc1NC(=O)c1sc(NC(=O)OC(C)(C)C)nc1C. The van der Waals surface area contributed by atoms with E-state index in [1.54, 1.807) is 27.7 Å². The fourth-order valence-corrected chi connectivity index (χ4v) is 2.79. The molecule has 2 rings (SSSR count). The minimum absolute atomic E-state index is 0.253. The van der Waals surface area contributed by atoms with Crippen molar-refractivity contribution in [3.05, 3.63) is 40.4 Å². The molecule has 2 N–H and O–H groups in total. The van der Waals surface area contributed by atoms with Gasteiger partial charge in [-0.1, -0.05) is 29.5 Å². The Morgan fingerprint density at radius 3 is 2.42 bits per heavy atom. The van der Waals surface area contributed by atoms with E-state index in [0.29, 0.717) is 15.7 Å². The van der Waals surface area contributed by atoms with Crippen LogP contribution in [0.5, 0.6) is 0 Å². The maximum atomic E-state index is 12.4. The highest BCUT2D eigenvalue weighted by Crippen LogP contribution is 2.25. The molecule has 24 heavy (non-hydrogen) atoms. The normalized spacial score (nSPS) is 11.0. The summed E-state index contributed by atoms with van der Waals surface area (Å²) in [4.78, 5) is 28.9. The number of nitrogens with one attached hydrogen (secondary N) is 2. The van der Waals surface area contributed by atoms with Crippen molar-refractivity contribution in [1.29, 1.82) is 0 Å². The van der Waals surface area contributed by atoms with Crippen molar-refractivity contribution in [1.82, 2.24) is 4.98 Å². The van der Waals surface area contributed by atoms with Crippen LogP contribution in [0, 0.1) is 13.8 Å². The van der Waals surface area contributed by atoms with Gasteiger partial charge in [0.05, 0.1) is 5.69 Å². The van der Waals surface area contributed by atoms with Gasteiger partial charge < -0.3 is 10.1 Å². The molecule has 0 saturated carbocycles. The number of carbonyl (C=O) groups is 2. The lowest BCUT2D eigenvalue weighted by molar-refractivity contribution is 0.0635. The monoisotopic (exact) mass is 347 g/mol. The van der Waals surface area contributed by atoms with Gasteiger partial charge >= 0.3 is 6.09 Å². The Hall–Kier alpha value is -2.41. The Morgan fingerprint density at radius 1 is 1.12 bits per heavy atom. The lowest BCUT2D eigenvalue weighted by atomic mass is 10.2. The number of anilines is 2. The zero-order valence-electron chi connectivity index (χ0n) is 14.4. The summed E-state index contributed by atoms with van der Waals surface area (Å²) in [6.45, 7) is 8.98. The summed E-state index contributed by atoms with van der Waals surface area (Å²) < 4.78 is 5.18. The van der Waals surface area contributed by atoms with E-state index in [4.69, 9.17) is 4.74 Å². The van der Waals surface area contributed by atoms with Crippen LogP contribution in [0.15, 0.2) is 24.3 Å². The molecule has 0 aliphatic rings. The number of aromatic nitrogens is 1. The highest BCUT2D eigenvalue weighted by Gasteiger charge is 2.20. The van der Waals surface area contributed by atoms with Gasteiger partial charge in [0.2, 0.25) is 0 Å². The second-order valence-electron chi connectivity index (χ2n) is 6.33. The van der Waals surface area contributed by atoms with E-state index in [1.165, 1.54) is 0 Å². The first-order valence-corrected chi connectivity index (χ1v) is 8.32. The summed E-state index contributed by atoms with van der Waals surface area (Å²) in [7, 11) is 0. The molecular weight excluding hydrogens is 326 g/mol. The molecule has 0 unspecified atom stereocenters. The second kappa shape index (κ2) is 7.00. The summed E-state index contributed by atoms with van der Waals surface area (Å²) in [6, 6.07) is 7.53. The summed E-state index contributed by atoms with van der Waals surface area (Å²) in [6.07, 6.45) is -0.595. The van der Waals surface area contributed by atoms with Gasteiger partial charge in [-0.2, -0.15) is 0 Å². The molecule has 1 aromatic heterocycles. The molecule has 1 aromatic carbocycles. The van der Waals surface area contributed by atoms with Crippen LogP contribution in [0.2, 0.25) is 0 Å². The number of thiazole rings is 1. The van der Waals surface area contributed by atoms with E-state index in [0.717, 1.165) is 22.6 Å². The molecule has 0 aliphatic heterocycles. The second-order valence-corrected chi connectivity index (χ2v) is 7.33. The number of carbonyl (C=O) groups excluding carboxylic acids is 2. The Bertz CT molecular complexity index is 763. The number of hydrogen-bond acceptors (Lipinski definition) is 5. The van der Waals surface area contributed by atoms with Gasteiger partial charge in [0.15, 0.2) is 5.13 Å². The van der Waals surface area contributed by atoms with Gasteiger partial charge in [-0.15, -0.1) is 0 Å². The maximum Gasteiger partial charge on any atom is 0.413 e. The number of aryl methyl sites for hydroxylation is 2. The minimum Gasteiger partial charge on any atom is -0.444 e. The Morgan fingerprint density at radius 2 is 1.79 bits per heavy atom. The van der Waals surface area contributed by atoms with Crippen LogP contribution in [-0.2, 0) is 4.74 Å². The van der Waals surface area contributed by atoms with Gasteiger partial charge in [0, 0.05) is 5.69 Å². The van der Waals surface area contributed by atoms with Crippen molar-refractivity contribution in [2.24, 2.45) is 0 Å². The molecule has 6 nitrogen and oxygen atoms in total. The molecule has 2 amide bonds. The maximum absolute atomic E-state index is 12.4. The highest BCUT2D eigenvalue weighted by molar-refractivity contribution is 7.17. The molecule has 1 heterocycles. The fourth-order valence-electron chi connectivity index (χ4n) is 1.94. The third-order valence-electron chi connectivity index (χ3n) is 3.00. The smallest absolute Gasteiger partial charge is 0.413 e. The zero-order chi connectivity index (χ0) is 17.9. The van der Waals surface area contributed by atoms with Crippen LogP contribution in [0.3, 0.4) is 0 Å². The molecule has 0 spiro atoms. The third kappa shape index (κ3) is 4.79. The lowest BCUT2D eigenvalue weighted by Crippen LogP contribution is -2.27. The topological polar surface area (TPSA) is 80.3 Å². The number of rotatable bonds is 3. The standard InChI is InChI=1S/C17H21N3O3S/c1-10-8-6-7-9-12(10)19-14(21)13-11(2)18-15(24-13)20-16(22)23-17(3,4)5/h6-9H,1-5H3,(H,19,21)(H,18,20,22). The number of amides is 2. The molecule has 0 bridgehead atoms. The first-order chi connectivity index (χ1) is 11.2. The number of para-hydroxylation sites is 1. The Balaban J connectivity index is 2.09. The molecule has 0 fully saturated rings. The minimum atomic E-state index is -0.596. The number of nitrogens with zero attached hydrogens (tertiary/aromatic N) is 1. The van der Waals surface area contributed by atoms with Crippen LogP contribution < -0.4 is 10.6 Å². The van der Waals surface area contributed by atoms with Crippen LogP contribution in [0.25, 0.3) is 0 Å². The highest BCUT2D eigenvalue weighted by atomic mass is 32.1. The van der Waals surface area contributed by atoms with Crippen LogP contribution in [0.4, 0.5) is 15.6 Å². The average molecular weight is 347 g/mol. The quantitative estimate of drug-likeness (QED) is 0.864. The Labute approximate surface area is 145 Å². The van der Waals surface area contributed by atoms with Crippen molar-refractivity contribution < 1.29 is 14.3 Å².